The minimum atomic E-state index is -3.53. The van der Waals surface area contributed by atoms with Crippen molar-refractivity contribution in [3.8, 4) is 0 Å². The van der Waals surface area contributed by atoms with E-state index in [-0.39, 0.29) is 11.4 Å². The van der Waals surface area contributed by atoms with Crippen molar-refractivity contribution >= 4 is 16.0 Å². The number of sulfonamides is 1. The predicted molar refractivity (Wildman–Crippen MR) is 106 cm³/mol. The highest BCUT2D eigenvalue weighted by Gasteiger charge is 2.14. The van der Waals surface area contributed by atoms with Crippen molar-refractivity contribution in [3.05, 3.63) is 24.5 Å². The number of guanidine groups is 1. The predicted octanol–water partition coefficient (Wildman–Crippen LogP) is 0.644. The Bertz CT molecular complexity index is 638. The Morgan fingerprint density at radius 3 is 2.35 bits per heavy atom. The summed E-state index contributed by atoms with van der Waals surface area (Å²) in [4.78, 5) is 10.5. The molecule has 1 rings (SSSR count). The molecule has 0 aliphatic heterocycles. The normalized spacial score (nSPS) is 12.8. The molecule has 1 aromatic heterocycles. The molecule has 26 heavy (non-hydrogen) atoms. The second-order valence-corrected chi connectivity index (χ2v) is 8.20. The van der Waals surface area contributed by atoms with Gasteiger partial charge in [-0.2, -0.15) is 0 Å². The van der Waals surface area contributed by atoms with E-state index >= 15 is 0 Å². The zero-order chi connectivity index (χ0) is 19.6. The van der Waals surface area contributed by atoms with E-state index in [1.165, 1.54) is 18.5 Å². The highest BCUT2D eigenvalue weighted by Crippen LogP contribution is 2.04. The molecule has 3 N–H and O–H groups in total. The molecule has 0 aromatic carbocycles. The molecule has 0 saturated heterocycles. The van der Waals surface area contributed by atoms with Crippen molar-refractivity contribution < 1.29 is 8.42 Å². The highest BCUT2D eigenvalue weighted by molar-refractivity contribution is 7.89. The van der Waals surface area contributed by atoms with E-state index in [2.05, 4.69) is 57.9 Å². The Labute approximate surface area is 157 Å². The van der Waals surface area contributed by atoms with Gasteiger partial charge < -0.3 is 10.6 Å². The van der Waals surface area contributed by atoms with Crippen LogP contribution in [0.4, 0.5) is 0 Å². The number of nitrogens with one attached hydrogen (secondary N) is 3. The Morgan fingerprint density at radius 2 is 1.81 bits per heavy atom. The second-order valence-electron chi connectivity index (χ2n) is 6.44. The number of hydrogen-bond donors (Lipinski definition) is 3. The van der Waals surface area contributed by atoms with Crippen molar-refractivity contribution in [2.24, 2.45) is 4.99 Å². The van der Waals surface area contributed by atoms with Gasteiger partial charge >= 0.3 is 0 Å². The first-order valence-corrected chi connectivity index (χ1v) is 10.4. The molecule has 0 amide bonds. The van der Waals surface area contributed by atoms with Crippen molar-refractivity contribution in [3.63, 3.8) is 0 Å². The van der Waals surface area contributed by atoms with Gasteiger partial charge in [0.05, 0.1) is 0 Å². The lowest BCUT2D eigenvalue weighted by atomic mass is 10.2. The molecule has 0 atom stereocenters. The summed E-state index contributed by atoms with van der Waals surface area (Å²) >= 11 is 0. The summed E-state index contributed by atoms with van der Waals surface area (Å²) in [5.41, 5.74) is 0. The summed E-state index contributed by atoms with van der Waals surface area (Å²) in [6.07, 6.45) is 2.86. The number of nitrogens with zero attached hydrogens (tertiary/aromatic N) is 3. The molecule has 0 unspecified atom stereocenters. The van der Waals surface area contributed by atoms with Crippen molar-refractivity contribution in [2.45, 2.75) is 44.7 Å². The Morgan fingerprint density at radius 1 is 1.15 bits per heavy atom. The first-order valence-electron chi connectivity index (χ1n) is 8.88. The molecule has 0 bridgehead atoms. The Kier molecular flexibility index (Phi) is 9.53. The zero-order valence-corrected chi connectivity index (χ0v) is 17.2. The molecule has 0 aliphatic rings. The molecule has 0 aliphatic carbocycles. The number of pyridine rings is 1. The maximum absolute atomic E-state index is 12.1. The van der Waals surface area contributed by atoms with Crippen LogP contribution < -0.4 is 15.4 Å². The maximum atomic E-state index is 12.1. The van der Waals surface area contributed by atoms with Crippen molar-refractivity contribution in [2.75, 3.05) is 33.2 Å². The monoisotopic (exact) mass is 384 g/mol. The van der Waals surface area contributed by atoms with Gasteiger partial charge in [0.25, 0.3) is 0 Å². The second kappa shape index (κ2) is 11.1. The van der Waals surface area contributed by atoms with E-state index in [0.29, 0.717) is 24.6 Å². The van der Waals surface area contributed by atoms with Crippen LogP contribution >= 0.6 is 0 Å². The summed E-state index contributed by atoms with van der Waals surface area (Å²) in [6.45, 7) is 11.1. The highest BCUT2D eigenvalue weighted by atomic mass is 32.2. The average molecular weight is 385 g/mol. The molecule has 1 aromatic rings. The fourth-order valence-corrected chi connectivity index (χ4v) is 3.59. The smallest absolute Gasteiger partial charge is 0.242 e. The summed E-state index contributed by atoms with van der Waals surface area (Å²) in [6, 6.07) is 4.07. The Hall–Kier alpha value is -1.71. The van der Waals surface area contributed by atoms with Crippen molar-refractivity contribution in [1.82, 2.24) is 25.2 Å². The number of aliphatic imine (C=N–C) groups is 1. The van der Waals surface area contributed by atoms with Gasteiger partial charge in [-0.25, -0.2) is 13.1 Å². The summed E-state index contributed by atoms with van der Waals surface area (Å²) in [5.74, 6) is 0.651. The maximum Gasteiger partial charge on any atom is 0.242 e. The van der Waals surface area contributed by atoms with Gasteiger partial charge in [0.1, 0.15) is 4.90 Å². The largest absolute Gasteiger partial charge is 0.355 e. The van der Waals surface area contributed by atoms with Gasteiger partial charge in [-0.1, -0.05) is 0 Å². The molecule has 148 valence electrons. The van der Waals surface area contributed by atoms with Gasteiger partial charge in [0.2, 0.25) is 10.0 Å². The molecule has 9 heteroatoms. The molecule has 0 saturated carbocycles. The third kappa shape index (κ3) is 7.67. The number of hydrogen-bond acceptors (Lipinski definition) is 5. The third-order valence-corrected chi connectivity index (χ3v) is 5.31. The first-order chi connectivity index (χ1) is 12.3. The zero-order valence-electron chi connectivity index (χ0n) is 16.4. The van der Waals surface area contributed by atoms with Crippen LogP contribution in [0.15, 0.2) is 34.4 Å². The SMILES string of the molecule is CN=C(NCCNS(=O)(=O)c1cccnc1)NCCN(C(C)C)C(C)C. The number of aromatic nitrogens is 1. The molecular weight excluding hydrogens is 352 g/mol. The topological polar surface area (TPSA) is 98.7 Å². The van der Waals surface area contributed by atoms with Gasteiger partial charge in [-0.15, -0.1) is 0 Å². The van der Waals surface area contributed by atoms with Crippen LogP contribution in [-0.2, 0) is 10.0 Å². The van der Waals surface area contributed by atoms with E-state index in [4.69, 9.17) is 0 Å². The van der Waals surface area contributed by atoms with E-state index in [0.717, 1.165) is 13.1 Å². The molecule has 0 fully saturated rings. The fraction of sp³-hybridized carbons (Fsp3) is 0.647. The lowest BCUT2D eigenvalue weighted by molar-refractivity contribution is 0.178. The quantitative estimate of drug-likeness (QED) is 0.311. The van der Waals surface area contributed by atoms with Crippen molar-refractivity contribution in [1.29, 1.82) is 0 Å². The van der Waals surface area contributed by atoms with Gasteiger partial charge in [-0.3, -0.25) is 14.9 Å². The summed E-state index contributed by atoms with van der Waals surface area (Å²) < 4.78 is 26.7. The van der Waals surface area contributed by atoms with Crippen LogP contribution in [-0.4, -0.2) is 69.6 Å². The van der Waals surface area contributed by atoms with Crippen LogP contribution in [0.3, 0.4) is 0 Å². The van der Waals surface area contributed by atoms with Gasteiger partial charge in [0, 0.05) is 57.7 Å². The average Bonchev–Trinajstić information content (AvgIpc) is 2.60. The van der Waals surface area contributed by atoms with Crippen LogP contribution in [0.25, 0.3) is 0 Å². The van der Waals surface area contributed by atoms with E-state index in [1.54, 1.807) is 13.1 Å². The van der Waals surface area contributed by atoms with Crippen LogP contribution in [0.1, 0.15) is 27.7 Å². The summed E-state index contributed by atoms with van der Waals surface area (Å²) in [7, 11) is -1.84. The van der Waals surface area contributed by atoms with E-state index < -0.39 is 10.0 Å². The summed E-state index contributed by atoms with van der Waals surface area (Å²) in [5, 5.41) is 6.35. The third-order valence-electron chi connectivity index (χ3n) is 3.87. The van der Waals surface area contributed by atoms with Gasteiger partial charge in [0.15, 0.2) is 5.96 Å². The molecule has 8 nitrogen and oxygen atoms in total. The number of rotatable bonds is 10. The minimum Gasteiger partial charge on any atom is -0.355 e. The van der Waals surface area contributed by atoms with Gasteiger partial charge in [-0.05, 0) is 39.8 Å². The van der Waals surface area contributed by atoms with E-state index in [1.807, 2.05) is 0 Å². The van der Waals surface area contributed by atoms with Crippen LogP contribution in [0.2, 0.25) is 0 Å². The molecular formula is C17H32N6O2S. The lowest BCUT2D eigenvalue weighted by Gasteiger charge is -2.30. The first kappa shape index (κ1) is 22.3. The fourth-order valence-electron chi connectivity index (χ4n) is 2.59. The van der Waals surface area contributed by atoms with Crippen LogP contribution in [0.5, 0.6) is 0 Å². The molecule has 1 heterocycles. The molecule has 0 spiro atoms. The molecule has 0 radical (unpaired) electrons. The lowest BCUT2D eigenvalue weighted by Crippen LogP contribution is -2.46. The Balaban J connectivity index is 2.35. The minimum absolute atomic E-state index is 0.157. The van der Waals surface area contributed by atoms with Crippen LogP contribution in [0, 0.1) is 0 Å². The van der Waals surface area contributed by atoms with E-state index in [9.17, 15) is 8.42 Å². The standard InChI is InChI=1S/C17H32N6O2S/c1-14(2)23(15(3)4)12-11-21-17(18-5)20-9-10-22-26(24,25)16-7-6-8-19-13-16/h6-8,13-15,22H,9-12H2,1-5H3,(H2,18,20,21).